The predicted octanol–water partition coefficient (Wildman–Crippen LogP) is 1.55. The SMILES string of the molecule is O=C(Nc1ccc(N2C(=O)C3CS(=O)(=O)CCN3C2=O)c(Cl)c1)c1ccccn1. The highest BCUT2D eigenvalue weighted by molar-refractivity contribution is 7.91. The van der Waals surface area contributed by atoms with Gasteiger partial charge >= 0.3 is 6.03 Å². The van der Waals surface area contributed by atoms with Crippen LogP contribution in [0.3, 0.4) is 0 Å². The molecule has 4 amide bonds. The monoisotopic (exact) mass is 434 g/mol. The lowest BCUT2D eigenvalue weighted by molar-refractivity contribution is -0.119. The van der Waals surface area contributed by atoms with Crippen molar-refractivity contribution in [1.82, 2.24) is 9.88 Å². The lowest BCUT2D eigenvalue weighted by atomic mass is 10.2. The first-order valence-electron chi connectivity index (χ1n) is 8.64. The Morgan fingerprint density at radius 2 is 2.00 bits per heavy atom. The number of anilines is 2. The van der Waals surface area contributed by atoms with Crippen molar-refractivity contribution < 1.29 is 22.8 Å². The van der Waals surface area contributed by atoms with Gasteiger partial charge in [0.15, 0.2) is 9.84 Å². The molecule has 1 N–H and O–H groups in total. The average Bonchev–Trinajstić information content (AvgIpc) is 2.92. The van der Waals surface area contributed by atoms with Crippen LogP contribution < -0.4 is 10.2 Å². The zero-order valence-electron chi connectivity index (χ0n) is 14.9. The number of hydrogen-bond acceptors (Lipinski definition) is 6. The molecule has 2 aliphatic rings. The molecule has 2 aromatic rings. The molecular formula is C18H15ClN4O5S. The molecule has 2 aliphatic heterocycles. The van der Waals surface area contributed by atoms with Crippen molar-refractivity contribution in [2.24, 2.45) is 0 Å². The Kier molecular flexibility index (Phi) is 4.75. The number of nitrogens with one attached hydrogen (secondary N) is 1. The van der Waals surface area contributed by atoms with Gasteiger partial charge in [-0.3, -0.25) is 14.6 Å². The molecule has 11 heteroatoms. The average molecular weight is 435 g/mol. The topological polar surface area (TPSA) is 117 Å². The molecule has 0 aliphatic carbocycles. The molecule has 2 fully saturated rings. The van der Waals surface area contributed by atoms with Crippen LogP contribution in [0.5, 0.6) is 0 Å². The van der Waals surface area contributed by atoms with Crippen molar-refractivity contribution in [2.75, 3.05) is 28.3 Å². The number of carbonyl (C=O) groups excluding carboxylic acids is 3. The second kappa shape index (κ2) is 7.12. The summed E-state index contributed by atoms with van der Waals surface area (Å²) in [6.07, 6.45) is 1.49. The number of halogens is 1. The number of imide groups is 1. The number of aromatic nitrogens is 1. The van der Waals surface area contributed by atoms with E-state index in [0.717, 1.165) is 4.90 Å². The maximum absolute atomic E-state index is 12.7. The summed E-state index contributed by atoms with van der Waals surface area (Å²) in [5.41, 5.74) is 0.703. The van der Waals surface area contributed by atoms with Crippen molar-refractivity contribution in [3.8, 4) is 0 Å². The van der Waals surface area contributed by atoms with Gasteiger partial charge in [-0.1, -0.05) is 17.7 Å². The lowest BCUT2D eigenvalue weighted by Gasteiger charge is -2.26. The van der Waals surface area contributed by atoms with Gasteiger partial charge in [-0.2, -0.15) is 0 Å². The van der Waals surface area contributed by atoms with E-state index >= 15 is 0 Å². The highest BCUT2D eigenvalue weighted by atomic mass is 35.5. The minimum absolute atomic E-state index is 0.0378. The summed E-state index contributed by atoms with van der Waals surface area (Å²) in [5.74, 6) is -1.65. The summed E-state index contributed by atoms with van der Waals surface area (Å²) in [7, 11) is -3.38. The Labute approximate surface area is 171 Å². The first-order chi connectivity index (χ1) is 13.8. The van der Waals surface area contributed by atoms with Crippen LogP contribution in [0.2, 0.25) is 5.02 Å². The largest absolute Gasteiger partial charge is 0.332 e. The molecule has 0 spiro atoms. The minimum atomic E-state index is -3.38. The van der Waals surface area contributed by atoms with E-state index in [1.807, 2.05) is 0 Å². The zero-order valence-corrected chi connectivity index (χ0v) is 16.5. The number of sulfone groups is 1. The Morgan fingerprint density at radius 1 is 1.21 bits per heavy atom. The number of rotatable bonds is 3. The van der Waals surface area contributed by atoms with Gasteiger partial charge < -0.3 is 10.2 Å². The van der Waals surface area contributed by atoms with Crippen molar-refractivity contribution >= 4 is 50.7 Å². The fourth-order valence-corrected chi connectivity index (χ4v) is 5.00. The van der Waals surface area contributed by atoms with E-state index in [9.17, 15) is 22.8 Å². The van der Waals surface area contributed by atoms with Crippen molar-refractivity contribution in [3.63, 3.8) is 0 Å². The Balaban J connectivity index is 1.57. The fraction of sp³-hybridized carbons (Fsp3) is 0.222. The van der Waals surface area contributed by atoms with Gasteiger partial charge in [-0.05, 0) is 30.3 Å². The van der Waals surface area contributed by atoms with E-state index in [4.69, 9.17) is 11.6 Å². The van der Waals surface area contributed by atoms with Crippen molar-refractivity contribution in [2.45, 2.75) is 6.04 Å². The summed E-state index contributed by atoms with van der Waals surface area (Å²) < 4.78 is 23.7. The molecule has 1 aromatic carbocycles. The number of hydrogen-bond donors (Lipinski definition) is 1. The van der Waals surface area contributed by atoms with Gasteiger partial charge in [0.25, 0.3) is 11.8 Å². The van der Waals surface area contributed by atoms with E-state index in [1.54, 1.807) is 18.2 Å². The van der Waals surface area contributed by atoms with Gasteiger partial charge in [0.1, 0.15) is 11.7 Å². The first-order valence-corrected chi connectivity index (χ1v) is 10.8. The number of amides is 4. The van der Waals surface area contributed by atoms with Crippen molar-refractivity contribution in [3.05, 3.63) is 53.3 Å². The molecule has 1 aromatic heterocycles. The van der Waals surface area contributed by atoms with E-state index in [0.29, 0.717) is 5.69 Å². The van der Waals surface area contributed by atoms with Crippen LogP contribution in [-0.4, -0.2) is 60.2 Å². The van der Waals surface area contributed by atoms with Gasteiger partial charge in [0.2, 0.25) is 0 Å². The molecule has 0 saturated carbocycles. The third kappa shape index (κ3) is 3.56. The summed E-state index contributed by atoms with van der Waals surface area (Å²) >= 11 is 6.27. The Hall–Kier alpha value is -2.98. The number of pyridine rings is 1. The van der Waals surface area contributed by atoms with E-state index in [2.05, 4.69) is 10.3 Å². The van der Waals surface area contributed by atoms with Crippen LogP contribution in [0.25, 0.3) is 0 Å². The molecule has 29 heavy (non-hydrogen) atoms. The molecule has 3 heterocycles. The Morgan fingerprint density at radius 3 is 2.69 bits per heavy atom. The molecule has 1 unspecified atom stereocenters. The molecular weight excluding hydrogens is 420 g/mol. The summed E-state index contributed by atoms with van der Waals surface area (Å²) in [4.78, 5) is 43.7. The number of carbonyl (C=O) groups is 3. The van der Waals surface area contributed by atoms with Gasteiger partial charge in [-0.15, -0.1) is 0 Å². The van der Waals surface area contributed by atoms with E-state index in [-0.39, 0.29) is 28.7 Å². The van der Waals surface area contributed by atoms with Crippen LogP contribution in [0, 0.1) is 0 Å². The third-order valence-electron chi connectivity index (χ3n) is 4.72. The summed E-state index contributed by atoms with van der Waals surface area (Å²) in [5, 5.41) is 2.70. The zero-order chi connectivity index (χ0) is 20.8. The van der Waals surface area contributed by atoms with Gasteiger partial charge in [0, 0.05) is 18.4 Å². The standard InChI is InChI=1S/C18H15ClN4O5S/c19-12-9-11(21-16(24)13-3-1-2-6-20-13)4-5-14(12)23-17(25)15-10-29(27,28)8-7-22(15)18(23)26/h1-6,9,15H,7-8,10H2,(H,21,24). The van der Waals surface area contributed by atoms with Gasteiger partial charge in [0.05, 0.1) is 22.2 Å². The second-order valence-electron chi connectivity index (χ2n) is 6.62. The van der Waals surface area contributed by atoms with Crippen LogP contribution in [0.1, 0.15) is 10.5 Å². The highest BCUT2D eigenvalue weighted by Gasteiger charge is 2.50. The Bertz CT molecular complexity index is 1120. The maximum Gasteiger partial charge on any atom is 0.332 e. The van der Waals surface area contributed by atoms with Crippen molar-refractivity contribution in [1.29, 1.82) is 0 Å². The van der Waals surface area contributed by atoms with Crippen LogP contribution in [-0.2, 0) is 14.6 Å². The van der Waals surface area contributed by atoms with Crippen LogP contribution in [0.4, 0.5) is 16.2 Å². The minimum Gasteiger partial charge on any atom is -0.321 e. The third-order valence-corrected chi connectivity index (χ3v) is 6.65. The smallest absolute Gasteiger partial charge is 0.321 e. The molecule has 4 rings (SSSR count). The summed E-state index contributed by atoms with van der Waals surface area (Å²) in [6, 6.07) is 7.60. The second-order valence-corrected chi connectivity index (χ2v) is 9.25. The maximum atomic E-state index is 12.7. The quantitative estimate of drug-likeness (QED) is 0.732. The van der Waals surface area contributed by atoms with Crippen LogP contribution >= 0.6 is 11.6 Å². The molecule has 0 bridgehead atoms. The molecule has 2 saturated heterocycles. The number of urea groups is 1. The molecule has 0 radical (unpaired) electrons. The molecule has 150 valence electrons. The predicted molar refractivity (Wildman–Crippen MR) is 106 cm³/mol. The van der Waals surface area contributed by atoms with E-state index < -0.39 is 39.5 Å². The molecule has 1 atom stereocenters. The first kappa shape index (κ1) is 19.3. The van der Waals surface area contributed by atoms with E-state index in [1.165, 1.54) is 29.3 Å². The fourth-order valence-electron chi connectivity index (χ4n) is 3.29. The number of benzene rings is 1. The molecule has 9 nitrogen and oxygen atoms in total. The normalized spacial score (nSPS) is 20.5. The number of nitrogens with zero attached hydrogens (tertiary/aromatic N) is 3. The highest BCUT2D eigenvalue weighted by Crippen LogP contribution is 2.34. The number of fused-ring (bicyclic) bond motifs is 1. The summed E-state index contributed by atoms with van der Waals surface area (Å²) in [6.45, 7) is -0.0378. The van der Waals surface area contributed by atoms with Gasteiger partial charge in [-0.25, -0.2) is 18.1 Å². The lowest BCUT2D eigenvalue weighted by Crippen LogP contribution is -2.48. The van der Waals surface area contributed by atoms with Crippen LogP contribution in [0.15, 0.2) is 42.6 Å².